The molecule has 2 aromatic heterocycles. The van der Waals surface area contributed by atoms with E-state index in [9.17, 15) is 23.3 Å². The largest absolute Gasteiger partial charge is 0.573 e. The molecule has 3 heterocycles. The van der Waals surface area contributed by atoms with E-state index in [1.54, 1.807) is 22.9 Å². The lowest BCUT2D eigenvalue weighted by molar-refractivity contribution is -0.389. The first-order valence-corrected chi connectivity index (χ1v) is 10.0. The number of rotatable bonds is 6. The highest BCUT2D eigenvalue weighted by Gasteiger charge is 2.31. The molecule has 0 fully saturated rings. The molecule has 0 saturated heterocycles. The fourth-order valence-corrected chi connectivity index (χ4v) is 3.98. The van der Waals surface area contributed by atoms with Crippen LogP contribution in [0.2, 0.25) is 0 Å². The Kier molecular flexibility index (Phi) is 5.83. The van der Waals surface area contributed by atoms with Gasteiger partial charge in [0, 0.05) is 17.5 Å². The first-order valence-electron chi connectivity index (χ1n) is 9.04. The molecule has 162 valence electrons. The first-order chi connectivity index (χ1) is 14.8. The Morgan fingerprint density at radius 3 is 2.58 bits per heavy atom. The Balaban J connectivity index is 1.33. The van der Waals surface area contributed by atoms with Crippen LogP contribution in [-0.2, 0) is 17.9 Å². The lowest BCUT2D eigenvalue weighted by Gasteiger charge is -2.21. The topological polar surface area (TPSA) is 92.3 Å². The molecule has 31 heavy (non-hydrogen) atoms. The number of hydrogen-bond donors (Lipinski definition) is 0. The minimum Gasteiger partial charge on any atom is -0.406 e. The van der Waals surface area contributed by atoms with Gasteiger partial charge < -0.3 is 19.6 Å². The van der Waals surface area contributed by atoms with E-state index in [2.05, 4.69) is 14.7 Å². The number of benzene rings is 1. The van der Waals surface area contributed by atoms with Crippen LogP contribution in [0.25, 0.3) is 11.1 Å². The summed E-state index contributed by atoms with van der Waals surface area (Å²) in [4.78, 5) is 18.6. The van der Waals surface area contributed by atoms with Gasteiger partial charge in [0.2, 0.25) is 0 Å². The second kappa shape index (κ2) is 8.55. The number of thioether (sulfide) groups is 1. The maximum atomic E-state index is 12.2. The van der Waals surface area contributed by atoms with Gasteiger partial charge in [0.25, 0.3) is 5.16 Å². The third kappa shape index (κ3) is 5.33. The van der Waals surface area contributed by atoms with Crippen molar-refractivity contribution in [3.8, 4) is 16.9 Å². The molecule has 8 nitrogen and oxygen atoms in total. The SMILES string of the molecule is O=[N+]([O-])c1cn2c(n1)SCC(OCc1ccc(-c3ccc(OC(F)(F)F)cc3)cn1)C2. The monoisotopic (exact) mass is 452 g/mol. The molecule has 12 heteroatoms. The smallest absolute Gasteiger partial charge is 0.406 e. The third-order valence-electron chi connectivity index (χ3n) is 4.43. The molecule has 0 amide bonds. The summed E-state index contributed by atoms with van der Waals surface area (Å²) in [6.45, 7) is 0.726. The predicted octanol–water partition coefficient (Wildman–Crippen LogP) is 4.44. The van der Waals surface area contributed by atoms with E-state index in [0.717, 1.165) is 5.56 Å². The van der Waals surface area contributed by atoms with Gasteiger partial charge in [0.15, 0.2) is 0 Å². The molecule has 1 aliphatic rings. The van der Waals surface area contributed by atoms with E-state index in [1.807, 2.05) is 0 Å². The van der Waals surface area contributed by atoms with Gasteiger partial charge in [-0.25, -0.2) is 0 Å². The van der Waals surface area contributed by atoms with Crippen molar-refractivity contribution in [1.29, 1.82) is 0 Å². The van der Waals surface area contributed by atoms with Crippen LogP contribution in [0.5, 0.6) is 5.75 Å². The number of nitrogens with zero attached hydrogens (tertiary/aromatic N) is 4. The fraction of sp³-hybridized carbons (Fsp3) is 0.263. The lowest BCUT2D eigenvalue weighted by atomic mass is 10.1. The molecule has 3 aromatic rings. The van der Waals surface area contributed by atoms with Gasteiger partial charge in [0.05, 0.1) is 24.9 Å². The number of alkyl halides is 3. The van der Waals surface area contributed by atoms with Gasteiger partial charge in [-0.1, -0.05) is 30.0 Å². The molecule has 0 saturated carbocycles. The van der Waals surface area contributed by atoms with Gasteiger partial charge in [0.1, 0.15) is 11.9 Å². The van der Waals surface area contributed by atoms with Crippen LogP contribution in [0.4, 0.5) is 19.0 Å². The number of hydrogen-bond acceptors (Lipinski definition) is 7. The van der Waals surface area contributed by atoms with Crippen molar-refractivity contribution in [2.45, 2.75) is 30.8 Å². The number of aromatic nitrogens is 3. The minimum absolute atomic E-state index is 0.144. The maximum absolute atomic E-state index is 12.2. The molecule has 0 N–H and O–H groups in total. The molecular formula is C19H15F3N4O4S. The zero-order valence-corrected chi connectivity index (χ0v) is 16.6. The number of fused-ring (bicyclic) bond motifs is 1. The third-order valence-corrected chi connectivity index (χ3v) is 5.55. The van der Waals surface area contributed by atoms with Gasteiger partial charge >= 0.3 is 12.2 Å². The molecule has 4 rings (SSSR count). The highest BCUT2D eigenvalue weighted by molar-refractivity contribution is 7.99. The Hall–Kier alpha value is -3.12. The summed E-state index contributed by atoms with van der Waals surface area (Å²) in [5, 5.41) is 11.4. The molecular weight excluding hydrogens is 437 g/mol. The number of halogens is 3. The quantitative estimate of drug-likeness (QED) is 0.403. The Morgan fingerprint density at radius 2 is 1.94 bits per heavy atom. The second-order valence-electron chi connectivity index (χ2n) is 6.65. The van der Waals surface area contributed by atoms with E-state index >= 15 is 0 Å². The van der Waals surface area contributed by atoms with E-state index in [4.69, 9.17) is 4.74 Å². The van der Waals surface area contributed by atoms with Crippen LogP contribution in [0.15, 0.2) is 53.9 Å². The average Bonchev–Trinajstić information content (AvgIpc) is 3.16. The summed E-state index contributed by atoms with van der Waals surface area (Å²) in [6.07, 6.45) is -1.86. The number of pyridine rings is 1. The second-order valence-corrected chi connectivity index (χ2v) is 7.63. The van der Waals surface area contributed by atoms with Gasteiger partial charge in [-0.15, -0.1) is 13.2 Å². The number of imidazole rings is 1. The van der Waals surface area contributed by atoms with Crippen molar-refractivity contribution in [1.82, 2.24) is 14.5 Å². The Labute approximate surface area is 178 Å². The molecule has 1 unspecified atom stereocenters. The van der Waals surface area contributed by atoms with Gasteiger partial charge in [-0.2, -0.15) is 0 Å². The average molecular weight is 452 g/mol. The van der Waals surface area contributed by atoms with E-state index in [0.29, 0.717) is 28.7 Å². The van der Waals surface area contributed by atoms with Crippen molar-refractivity contribution >= 4 is 17.6 Å². The molecule has 0 spiro atoms. The van der Waals surface area contributed by atoms with Crippen molar-refractivity contribution < 1.29 is 27.6 Å². The molecule has 0 aliphatic carbocycles. The lowest BCUT2D eigenvalue weighted by Crippen LogP contribution is -2.26. The van der Waals surface area contributed by atoms with Gasteiger partial charge in [-0.3, -0.25) is 9.55 Å². The molecule has 0 bridgehead atoms. The zero-order valence-electron chi connectivity index (χ0n) is 15.8. The molecule has 1 aliphatic heterocycles. The molecule has 0 radical (unpaired) electrons. The summed E-state index contributed by atoms with van der Waals surface area (Å²) < 4.78 is 48.2. The predicted molar refractivity (Wildman–Crippen MR) is 105 cm³/mol. The maximum Gasteiger partial charge on any atom is 0.573 e. The van der Waals surface area contributed by atoms with Crippen LogP contribution in [0.1, 0.15) is 5.69 Å². The fourth-order valence-electron chi connectivity index (χ4n) is 2.99. The number of nitro groups is 1. The van der Waals surface area contributed by atoms with Crippen LogP contribution >= 0.6 is 11.8 Å². The summed E-state index contributed by atoms with van der Waals surface area (Å²) in [6, 6.07) is 9.12. The van der Waals surface area contributed by atoms with E-state index < -0.39 is 11.3 Å². The molecule has 1 aromatic carbocycles. The zero-order chi connectivity index (χ0) is 22.0. The highest BCUT2D eigenvalue weighted by atomic mass is 32.2. The normalized spacial score (nSPS) is 16.0. The van der Waals surface area contributed by atoms with E-state index in [1.165, 1.54) is 42.2 Å². The highest BCUT2D eigenvalue weighted by Crippen LogP contribution is 2.29. The van der Waals surface area contributed by atoms with Crippen LogP contribution in [0, 0.1) is 10.1 Å². The van der Waals surface area contributed by atoms with Crippen LogP contribution in [0.3, 0.4) is 0 Å². The standard InChI is InChI=1S/C19H15F3N4O4S/c20-19(21,22)30-15-5-2-12(3-6-15)13-1-4-14(23-7-13)10-29-16-8-25-9-17(26(27)28)24-18(25)31-11-16/h1-7,9,16H,8,10-11H2. The Bertz CT molecular complexity index is 1070. The van der Waals surface area contributed by atoms with Crippen LogP contribution in [-0.4, -0.2) is 37.7 Å². The van der Waals surface area contributed by atoms with Crippen molar-refractivity contribution in [2.24, 2.45) is 0 Å². The van der Waals surface area contributed by atoms with E-state index in [-0.39, 0.29) is 24.3 Å². The Morgan fingerprint density at radius 1 is 1.19 bits per heavy atom. The summed E-state index contributed by atoms with van der Waals surface area (Å²) in [5.74, 6) is 0.155. The first kappa shape index (κ1) is 21.1. The van der Waals surface area contributed by atoms with Crippen molar-refractivity contribution in [3.63, 3.8) is 0 Å². The summed E-state index contributed by atoms with van der Waals surface area (Å²) >= 11 is 1.40. The van der Waals surface area contributed by atoms with Gasteiger partial charge in [-0.05, 0) is 33.7 Å². The van der Waals surface area contributed by atoms with Crippen LogP contribution < -0.4 is 4.74 Å². The van der Waals surface area contributed by atoms with Crippen molar-refractivity contribution in [2.75, 3.05) is 5.75 Å². The summed E-state index contributed by atoms with van der Waals surface area (Å²) in [7, 11) is 0. The minimum atomic E-state index is -4.73. The number of ether oxygens (including phenoxy) is 2. The summed E-state index contributed by atoms with van der Waals surface area (Å²) in [5.41, 5.74) is 2.13. The van der Waals surface area contributed by atoms with Crippen molar-refractivity contribution in [3.05, 3.63) is 64.6 Å². The molecule has 1 atom stereocenters.